The van der Waals surface area contributed by atoms with Crippen LogP contribution in [0.25, 0.3) is 0 Å². The van der Waals surface area contributed by atoms with Crippen LogP contribution in [0, 0.1) is 5.41 Å². The second-order valence-electron chi connectivity index (χ2n) is 7.34. The third-order valence-corrected chi connectivity index (χ3v) is 5.23. The molecule has 2 saturated heterocycles. The molecule has 138 valence electrons. The average Bonchev–Trinajstić information content (AvgIpc) is 3.18. The van der Waals surface area contributed by atoms with E-state index >= 15 is 0 Å². The Hall–Kier alpha value is -1.96. The Bertz CT molecular complexity index is 636. The van der Waals surface area contributed by atoms with Crippen molar-refractivity contribution in [3.8, 4) is 0 Å². The van der Waals surface area contributed by atoms with Crippen LogP contribution in [0.15, 0.2) is 4.42 Å². The van der Waals surface area contributed by atoms with Gasteiger partial charge in [0.05, 0.1) is 12.5 Å². The number of amides is 2. The zero-order valence-electron chi connectivity index (χ0n) is 15.1. The summed E-state index contributed by atoms with van der Waals surface area (Å²) in [6, 6.07) is 0. The third kappa shape index (κ3) is 3.68. The number of nitrogens with zero attached hydrogens (tertiary/aromatic N) is 3. The second-order valence-corrected chi connectivity index (χ2v) is 7.34. The minimum Gasteiger partial charge on any atom is -0.425 e. The average molecular weight is 350 g/mol. The molecular formula is C17H26N4O4. The lowest BCUT2D eigenvalue weighted by Crippen LogP contribution is -2.40. The molecule has 1 aromatic rings. The second kappa shape index (κ2) is 7.11. The molecule has 3 rings (SSSR count). The monoisotopic (exact) mass is 350 g/mol. The Morgan fingerprint density at radius 1 is 1.32 bits per heavy atom. The maximum absolute atomic E-state index is 12.5. The highest BCUT2D eigenvalue weighted by Gasteiger charge is 2.51. The maximum Gasteiger partial charge on any atom is 0.242 e. The van der Waals surface area contributed by atoms with E-state index in [9.17, 15) is 9.59 Å². The minimum absolute atomic E-state index is 0.0117. The van der Waals surface area contributed by atoms with Crippen molar-refractivity contribution in [2.75, 3.05) is 32.8 Å². The third-order valence-electron chi connectivity index (χ3n) is 5.23. The number of aromatic nitrogens is 2. The van der Waals surface area contributed by atoms with Crippen LogP contribution in [0.5, 0.6) is 0 Å². The summed E-state index contributed by atoms with van der Waals surface area (Å²) in [5.74, 6) is 1.14. The summed E-state index contributed by atoms with van der Waals surface area (Å²) < 4.78 is 11.4. The Labute approximate surface area is 147 Å². The number of hydrogen-bond donors (Lipinski definition) is 1. The fourth-order valence-electron chi connectivity index (χ4n) is 3.72. The van der Waals surface area contributed by atoms with Crippen molar-refractivity contribution in [1.82, 2.24) is 20.4 Å². The molecule has 0 aromatic carbocycles. The van der Waals surface area contributed by atoms with Gasteiger partial charge in [-0.05, 0) is 12.8 Å². The lowest BCUT2D eigenvalue weighted by atomic mass is 9.72. The number of hydrogen-bond acceptors (Lipinski definition) is 6. The molecule has 3 heterocycles. The molecule has 2 aliphatic rings. The van der Waals surface area contributed by atoms with Crippen molar-refractivity contribution in [2.45, 2.75) is 45.4 Å². The van der Waals surface area contributed by atoms with E-state index in [4.69, 9.17) is 9.15 Å². The molecule has 0 bridgehead atoms. The highest BCUT2D eigenvalue weighted by molar-refractivity contribution is 5.84. The lowest BCUT2D eigenvalue weighted by Gasteiger charge is -2.36. The Balaban J connectivity index is 1.80. The van der Waals surface area contributed by atoms with Crippen LogP contribution >= 0.6 is 0 Å². The molecule has 1 aromatic heterocycles. The van der Waals surface area contributed by atoms with E-state index < -0.39 is 0 Å². The topological polar surface area (TPSA) is 97.6 Å². The van der Waals surface area contributed by atoms with E-state index in [0.717, 1.165) is 12.8 Å². The molecule has 1 unspecified atom stereocenters. The molecule has 0 radical (unpaired) electrons. The van der Waals surface area contributed by atoms with E-state index in [1.165, 1.54) is 6.92 Å². The van der Waals surface area contributed by atoms with Gasteiger partial charge in [-0.2, -0.15) is 0 Å². The van der Waals surface area contributed by atoms with E-state index in [2.05, 4.69) is 15.5 Å². The molecule has 2 amide bonds. The summed E-state index contributed by atoms with van der Waals surface area (Å²) >= 11 is 0. The lowest BCUT2D eigenvalue weighted by molar-refractivity contribution is -0.132. The summed E-state index contributed by atoms with van der Waals surface area (Å²) in [6.45, 7) is 7.99. The van der Waals surface area contributed by atoms with Crippen LogP contribution in [-0.2, 0) is 14.3 Å². The highest BCUT2D eigenvalue weighted by Crippen LogP contribution is 2.49. The van der Waals surface area contributed by atoms with Crippen molar-refractivity contribution in [1.29, 1.82) is 0 Å². The standard InChI is InChI=1S/C17H26N4O4/c1-11(2)15-19-20-16(25-15)13-9-21(14(23)8-18-12(3)22)10-17(13)4-6-24-7-5-17/h11,13H,4-10H2,1-3H3,(H,18,22). The SMILES string of the molecule is CC(=O)NCC(=O)N1CC(c2nnc(C(C)C)o2)C2(CCOCC2)C1. The summed E-state index contributed by atoms with van der Waals surface area (Å²) in [5, 5.41) is 11.0. The molecule has 1 N–H and O–H groups in total. The van der Waals surface area contributed by atoms with E-state index in [1.54, 1.807) is 0 Å². The summed E-state index contributed by atoms with van der Waals surface area (Å²) in [5.41, 5.74) is -0.0923. The van der Waals surface area contributed by atoms with Gasteiger partial charge in [0.2, 0.25) is 23.6 Å². The molecular weight excluding hydrogens is 324 g/mol. The Morgan fingerprint density at radius 2 is 2.04 bits per heavy atom. The van der Waals surface area contributed by atoms with Gasteiger partial charge in [0.15, 0.2) is 0 Å². The molecule has 0 aliphatic carbocycles. The first-order valence-electron chi connectivity index (χ1n) is 8.84. The highest BCUT2D eigenvalue weighted by atomic mass is 16.5. The molecule has 2 fully saturated rings. The first-order valence-corrected chi connectivity index (χ1v) is 8.84. The molecule has 8 nitrogen and oxygen atoms in total. The van der Waals surface area contributed by atoms with Crippen molar-refractivity contribution in [3.05, 3.63) is 11.8 Å². The normalized spacial score (nSPS) is 22.6. The fourth-order valence-corrected chi connectivity index (χ4v) is 3.72. The minimum atomic E-state index is -0.205. The van der Waals surface area contributed by atoms with Gasteiger partial charge >= 0.3 is 0 Å². The number of rotatable bonds is 4. The maximum atomic E-state index is 12.5. The van der Waals surface area contributed by atoms with Gasteiger partial charge in [-0.3, -0.25) is 9.59 Å². The van der Waals surface area contributed by atoms with Gasteiger partial charge < -0.3 is 19.4 Å². The first-order chi connectivity index (χ1) is 11.9. The predicted octanol–water partition coefficient (Wildman–Crippen LogP) is 1.05. The van der Waals surface area contributed by atoms with Crippen molar-refractivity contribution in [2.24, 2.45) is 5.41 Å². The van der Waals surface area contributed by atoms with Crippen molar-refractivity contribution >= 4 is 11.8 Å². The summed E-state index contributed by atoms with van der Waals surface area (Å²) in [6.07, 6.45) is 1.72. The van der Waals surface area contributed by atoms with E-state index in [0.29, 0.717) is 38.1 Å². The van der Waals surface area contributed by atoms with E-state index in [-0.39, 0.29) is 35.6 Å². The zero-order valence-corrected chi connectivity index (χ0v) is 15.1. The van der Waals surface area contributed by atoms with E-state index in [1.807, 2.05) is 18.7 Å². The molecule has 25 heavy (non-hydrogen) atoms. The largest absolute Gasteiger partial charge is 0.425 e. The van der Waals surface area contributed by atoms with Gasteiger partial charge in [-0.25, -0.2) is 0 Å². The molecule has 2 aliphatic heterocycles. The number of carbonyl (C=O) groups excluding carboxylic acids is 2. The summed E-state index contributed by atoms with van der Waals surface area (Å²) in [4.78, 5) is 25.4. The Kier molecular flexibility index (Phi) is 5.08. The van der Waals surface area contributed by atoms with Crippen LogP contribution in [0.3, 0.4) is 0 Å². The fraction of sp³-hybridized carbons (Fsp3) is 0.765. The zero-order chi connectivity index (χ0) is 18.0. The van der Waals surface area contributed by atoms with Crippen molar-refractivity contribution in [3.63, 3.8) is 0 Å². The van der Waals surface area contributed by atoms with Gasteiger partial charge in [-0.15, -0.1) is 10.2 Å². The van der Waals surface area contributed by atoms with Crippen molar-refractivity contribution < 1.29 is 18.7 Å². The van der Waals surface area contributed by atoms with Crippen LogP contribution in [0.2, 0.25) is 0 Å². The van der Waals surface area contributed by atoms with Gasteiger partial charge in [-0.1, -0.05) is 13.8 Å². The van der Waals surface area contributed by atoms with Crippen LogP contribution < -0.4 is 5.32 Å². The van der Waals surface area contributed by atoms with Gasteiger partial charge in [0.1, 0.15) is 0 Å². The smallest absolute Gasteiger partial charge is 0.242 e. The molecule has 1 atom stereocenters. The van der Waals surface area contributed by atoms with Gasteiger partial charge in [0, 0.05) is 44.6 Å². The number of likely N-dealkylation sites (tertiary alicyclic amines) is 1. The predicted molar refractivity (Wildman–Crippen MR) is 88.9 cm³/mol. The molecule has 0 saturated carbocycles. The van der Waals surface area contributed by atoms with Crippen LogP contribution in [0.1, 0.15) is 57.2 Å². The number of carbonyl (C=O) groups is 2. The molecule has 8 heteroatoms. The van der Waals surface area contributed by atoms with Crippen LogP contribution in [-0.4, -0.2) is 59.8 Å². The number of ether oxygens (including phenoxy) is 1. The van der Waals surface area contributed by atoms with Crippen LogP contribution in [0.4, 0.5) is 0 Å². The molecule has 1 spiro atoms. The Morgan fingerprint density at radius 3 is 2.64 bits per heavy atom. The first kappa shape index (κ1) is 17.8. The number of nitrogens with one attached hydrogen (secondary N) is 1. The summed E-state index contributed by atoms with van der Waals surface area (Å²) in [7, 11) is 0. The van der Waals surface area contributed by atoms with Gasteiger partial charge in [0.25, 0.3) is 0 Å². The quantitative estimate of drug-likeness (QED) is 0.872.